The molecule has 0 bridgehead atoms. The minimum absolute atomic E-state index is 0.0777. The highest BCUT2D eigenvalue weighted by Crippen LogP contribution is 2.34. The molecule has 3 aromatic carbocycles. The summed E-state index contributed by atoms with van der Waals surface area (Å²) < 4.78 is 22.4. The van der Waals surface area contributed by atoms with Crippen molar-refractivity contribution in [2.24, 2.45) is 0 Å². The first kappa shape index (κ1) is 22.1. The van der Waals surface area contributed by atoms with E-state index in [1.54, 1.807) is 32.4 Å². The number of benzene rings is 3. The van der Waals surface area contributed by atoms with Gasteiger partial charge in [-0.25, -0.2) is 4.98 Å². The molecule has 10 heteroatoms. The maximum Gasteiger partial charge on any atom is 0.254 e. The van der Waals surface area contributed by atoms with Gasteiger partial charge in [-0.15, -0.1) is 10.2 Å². The van der Waals surface area contributed by atoms with Gasteiger partial charge in [0.05, 0.1) is 35.3 Å². The molecule has 0 fully saturated rings. The molecule has 0 aliphatic heterocycles. The lowest BCUT2D eigenvalue weighted by molar-refractivity contribution is 0.251. The van der Waals surface area contributed by atoms with Crippen LogP contribution in [-0.2, 0) is 6.61 Å². The zero-order valence-electron chi connectivity index (χ0n) is 18.1. The SMILES string of the molecule is COc1cccc(-c2nnc(COc3ccc(-c4nc5cc(Cl)c(Cl)cc5[nH]4)cc3OC)o2)c1. The monoisotopic (exact) mass is 496 g/mol. The van der Waals surface area contributed by atoms with E-state index in [9.17, 15) is 0 Å². The zero-order valence-corrected chi connectivity index (χ0v) is 19.6. The first-order valence-corrected chi connectivity index (χ1v) is 10.9. The van der Waals surface area contributed by atoms with Crippen LogP contribution in [0.1, 0.15) is 5.89 Å². The lowest BCUT2D eigenvalue weighted by Gasteiger charge is -2.10. The number of aromatic nitrogens is 4. The first-order chi connectivity index (χ1) is 16.5. The van der Waals surface area contributed by atoms with Gasteiger partial charge in [-0.2, -0.15) is 0 Å². The molecule has 0 aliphatic carbocycles. The Balaban J connectivity index is 1.34. The Morgan fingerprint density at radius 3 is 2.56 bits per heavy atom. The van der Waals surface area contributed by atoms with Gasteiger partial charge in [-0.1, -0.05) is 29.3 Å². The average Bonchev–Trinajstić information content (AvgIpc) is 3.50. The molecule has 0 spiro atoms. The number of methoxy groups -OCH3 is 2. The quantitative estimate of drug-likeness (QED) is 0.287. The molecule has 2 heterocycles. The summed E-state index contributed by atoms with van der Waals surface area (Å²) in [6, 6.07) is 16.3. The minimum Gasteiger partial charge on any atom is -0.497 e. The molecule has 0 atom stereocenters. The van der Waals surface area contributed by atoms with Crippen molar-refractivity contribution in [2.75, 3.05) is 14.2 Å². The molecule has 1 N–H and O–H groups in total. The van der Waals surface area contributed by atoms with Crippen LogP contribution in [0.2, 0.25) is 10.0 Å². The van der Waals surface area contributed by atoms with Gasteiger partial charge in [0, 0.05) is 11.1 Å². The highest BCUT2D eigenvalue weighted by atomic mass is 35.5. The van der Waals surface area contributed by atoms with Crippen LogP contribution in [0.5, 0.6) is 17.2 Å². The molecule has 5 aromatic rings. The maximum atomic E-state index is 6.11. The summed E-state index contributed by atoms with van der Waals surface area (Å²) in [5, 5.41) is 9.06. The molecule has 8 nitrogen and oxygen atoms in total. The molecule has 0 aliphatic rings. The maximum absolute atomic E-state index is 6.11. The van der Waals surface area contributed by atoms with E-state index in [1.807, 2.05) is 36.4 Å². The Bertz CT molecular complexity index is 1440. The van der Waals surface area contributed by atoms with Gasteiger partial charge in [0.15, 0.2) is 18.1 Å². The molecule has 0 saturated heterocycles. The number of ether oxygens (including phenoxy) is 3. The van der Waals surface area contributed by atoms with Crippen molar-refractivity contribution >= 4 is 34.2 Å². The topological polar surface area (TPSA) is 95.3 Å². The van der Waals surface area contributed by atoms with Gasteiger partial charge < -0.3 is 23.6 Å². The Morgan fingerprint density at radius 1 is 0.882 bits per heavy atom. The number of fused-ring (bicyclic) bond motifs is 1. The summed E-state index contributed by atoms with van der Waals surface area (Å²) >= 11 is 12.2. The van der Waals surface area contributed by atoms with Crippen molar-refractivity contribution in [3.8, 4) is 40.1 Å². The van der Waals surface area contributed by atoms with Gasteiger partial charge in [0.1, 0.15) is 11.6 Å². The van der Waals surface area contributed by atoms with Crippen molar-refractivity contribution in [3.63, 3.8) is 0 Å². The van der Waals surface area contributed by atoms with Crippen molar-refractivity contribution < 1.29 is 18.6 Å². The van der Waals surface area contributed by atoms with Crippen LogP contribution in [0.4, 0.5) is 0 Å². The number of nitrogens with zero attached hydrogens (tertiary/aromatic N) is 3. The van der Waals surface area contributed by atoms with Gasteiger partial charge in [-0.3, -0.25) is 0 Å². The fourth-order valence-corrected chi connectivity index (χ4v) is 3.72. The van der Waals surface area contributed by atoms with Crippen molar-refractivity contribution in [1.29, 1.82) is 0 Å². The summed E-state index contributed by atoms with van der Waals surface area (Å²) in [4.78, 5) is 7.83. The minimum atomic E-state index is 0.0777. The summed E-state index contributed by atoms with van der Waals surface area (Å²) in [5.41, 5.74) is 3.07. The molecule has 0 amide bonds. The van der Waals surface area contributed by atoms with E-state index in [0.717, 1.165) is 16.6 Å². The largest absolute Gasteiger partial charge is 0.497 e. The van der Waals surface area contributed by atoms with Crippen LogP contribution in [-0.4, -0.2) is 34.4 Å². The predicted octanol–water partition coefficient (Wildman–Crippen LogP) is 6.18. The molecule has 172 valence electrons. The van der Waals surface area contributed by atoms with E-state index < -0.39 is 0 Å². The summed E-state index contributed by atoms with van der Waals surface area (Å²) in [6.07, 6.45) is 0. The lowest BCUT2D eigenvalue weighted by atomic mass is 10.2. The molecule has 34 heavy (non-hydrogen) atoms. The van der Waals surface area contributed by atoms with E-state index in [-0.39, 0.29) is 6.61 Å². The third-order valence-electron chi connectivity index (χ3n) is 5.10. The van der Waals surface area contributed by atoms with Crippen LogP contribution in [0.25, 0.3) is 33.9 Å². The third-order valence-corrected chi connectivity index (χ3v) is 5.82. The number of hydrogen-bond acceptors (Lipinski definition) is 7. The van der Waals surface area contributed by atoms with Crippen LogP contribution in [0.15, 0.2) is 59.0 Å². The van der Waals surface area contributed by atoms with Gasteiger partial charge in [0.2, 0.25) is 5.89 Å². The highest BCUT2D eigenvalue weighted by Gasteiger charge is 2.14. The number of imidazole rings is 1. The van der Waals surface area contributed by atoms with Crippen molar-refractivity contribution in [3.05, 3.63) is 70.5 Å². The number of hydrogen-bond donors (Lipinski definition) is 1. The average molecular weight is 497 g/mol. The molecule has 2 aromatic heterocycles. The lowest BCUT2D eigenvalue weighted by Crippen LogP contribution is -1.98. The second-order valence-electron chi connectivity index (χ2n) is 7.26. The summed E-state index contributed by atoms with van der Waals surface area (Å²) in [5.74, 6) is 3.11. The van der Waals surface area contributed by atoms with Crippen LogP contribution in [0, 0.1) is 0 Å². The van der Waals surface area contributed by atoms with Gasteiger partial charge in [-0.05, 0) is 48.5 Å². The standard InChI is InChI=1S/C24H18Cl2N4O4/c1-31-15-5-3-4-14(8-15)24-30-29-22(34-24)12-33-20-7-6-13(9-21(20)32-2)23-27-18-10-16(25)17(26)11-19(18)28-23/h3-11H,12H2,1-2H3,(H,27,28). The van der Waals surface area contributed by atoms with E-state index in [4.69, 9.17) is 41.8 Å². The second kappa shape index (κ2) is 9.24. The second-order valence-corrected chi connectivity index (χ2v) is 8.07. The first-order valence-electron chi connectivity index (χ1n) is 10.2. The number of nitrogens with one attached hydrogen (secondary N) is 1. The van der Waals surface area contributed by atoms with E-state index in [0.29, 0.717) is 50.4 Å². The van der Waals surface area contributed by atoms with E-state index >= 15 is 0 Å². The number of aromatic amines is 1. The molecule has 0 unspecified atom stereocenters. The predicted molar refractivity (Wildman–Crippen MR) is 129 cm³/mol. The Labute approximate surface area is 204 Å². The van der Waals surface area contributed by atoms with Crippen molar-refractivity contribution in [2.45, 2.75) is 6.61 Å². The molecular formula is C24H18Cl2N4O4. The van der Waals surface area contributed by atoms with Gasteiger partial charge >= 0.3 is 0 Å². The number of halogens is 2. The van der Waals surface area contributed by atoms with Crippen molar-refractivity contribution in [1.82, 2.24) is 20.2 Å². The summed E-state index contributed by atoms with van der Waals surface area (Å²) in [7, 11) is 3.17. The highest BCUT2D eigenvalue weighted by molar-refractivity contribution is 6.42. The fraction of sp³-hybridized carbons (Fsp3) is 0.125. The normalized spacial score (nSPS) is 11.1. The van der Waals surface area contributed by atoms with Gasteiger partial charge in [0.25, 0.3) is 5.89 Å². The number of H-pyrrole nitrogens is 1. The zero-order chi connectivity index (χ0) is 23.7. The summed E-state index contributed by atoms with van der Waals surface area (Å²) in [6.45, 7) is 0.0777. The third kappa shape index (κ3) is 4.37. The fourth-order valence-electron chi connectivity index (χ4n) is 3.40. The Kier molecular flexibility index (Phi) is 6.00. The molecule has 0 radical (unpaired) electrons. The van der Waals surface area contributed by atoms with E-state index in [1.165, 1.54) is 0 Å². The Morgan fingerprint density at radius 2 is 1.74 bits per heavy atom. The van der Waals surface area contributed by atoms with Crippen LogP contribution in [0.3, 0.4) is 0 Å². The van der Waals surface area contributed by atoms with E-state index in [2.05, 4.69) is 20.2 Å². The molecule has 0 saturated carbocycles. The smallest absolute Gasteiger partial charge is 0.254 e. The number of rotatable bonds is 7. The van der Waals surface area contributed by atoms with Crippen LogP contribution < -0.4 is 14.2 Å². The van der Waals surface area contributed by atoms with Crippen LogP contribution >= 0.6 is 23.2 Å². The Hall–Kier alpha value is -3.75. The molecule has 5 rings (SSSR count). The molecular weight excluding hydrogens is 479 g/mol.